The molecule has 0 bridgehead atoms. The summed E-state index contributed by atoms with van der Waals surface area (Å²) in [6.07, 6.45) is 3.06. The topological polar surface area (TPSA) is 53.7 Å². The van der Waals surface area contributed by atoms with Crippen molar-refractivity contribution in [2.45, 2.75) is 45.2 Å². The lowest BCUT2D eigenvalue weighted by molar-refractivity contribution is -0.139. The van der Waals surface area contributed by atoms with Gasteiger partial charge in [0, 0.05) is 17.0 Å². The summed E-state index contributed by atoms with van der Waals surface area (Å²) in [6, 6.07) is 8.41. The fourth-order valence-corrected chi connectivity index (χ4v) is 3.12. The normalized spacial score (nSPS) is 16.5. The van der Waals surface area contributed by atoms with Crippen LogP contribution in [0.4, 0.5) is 0 Å². The fraction of sp³-hybridized carbons (Fsp3) is 0.471. The van der Waals surface area contributed by atoms with Gasteiger partial charge in [-0.05, 0) is 32.3 Å². The van der Waals surface area contributed by atoms with Gasteiger partial charge in [0.1, 0.15) is 11.3 Å². The van der Waals surface area contributed by atoms with Gasteiger partial charge in [0.25, 0.3) is 0 Å². The Bertz CT molecular complexity index is 657. The van der Waals surface area contributed by atoms with Crippen molar-refractivity contribution in [2.24, 2.45) is 0 Å². The zero-order valence-corrected chi connectivity index (χ0v) is 12.5. The zero-order chi connectivity index (χ0) is 15.0. The highest BCUT2D eigenvalue weighted by Crippen LogP contribution is 2.38. The summed E-state index contributed by atoms with van der Waals surface area (Å²) in [6.45, 7) is 4.25. The van der Waals surface area contributed by atoms with Gasteiger partial charge in [0.05, 0.1) is 12.6 Å². The summed E-state index contributed by atoms with van der Waals surface area (Å²) in [5, 5.41) is 10.3. The first kappa shape index (κ1) is 14.1. The zero-order valence-electron chi connectivity index (χ0n) is 12.5. The molecule has 1 aliphatic rings. The molecule has 1 fully saturated rings. The average molecular weight is 287 g/mol. The van der Waals surface area contributed by atoms with Crippen molar-refractivity contribution in [1.29, 1.82) is 0 Å². The minimum Gasteiger partial charge on any atom is -0.480 e. The van der Waals surface area contributed by atoms with Crippen molar-refractivity contribution >= 4 is 16.9 Å². The Labute approximate surface area is 124 Å². The van der Waals surface area contributed by atoms with E-state index in [1.54, 1.807) is 0 Å². The number of aliphatic carboxylic acids is 1. The Morgan fingerprint density at radius 1 is 1.43 bits per heavy atom. The molecule has 4 heteroatoms. The molecular formula is C17H21NO3. The van der Waals surface area contributed by atoms with Crippen molar-refractivity contribution < 1.29 is 14.3 Å². The van der Waals surface area contributed by atoms with Crippen LogP contribution >= 0.6 is 0 Å². The largest absolute Gasteiger partial charge is 0.480 e. The summed E-state index contributed by atoms with van der Waals surface area (Å²) in [4.78, 5) is 13.2. The van der Waals surface area contributed by atoms with Gasteiger partial charge in [-0.3, -0.25) is 9.69 Å². The Hall–Kier alpha value is -1.81. The Kier molecular flexibility index (Phi) is 3.72. The number of benzene rings is 1. The first-order chi connectivity index (χ1) is 10.1. The minimum atomic E-state index is -0.775. The van der Waals surface area contributed by atoms with Crippen LogP contribution in [0.15, 0.2) is 28.7 Å². The first-order valence-electron chi connectivity index (χ1n) is 7.59. The van der Waals surface area contributed by atoms with E-state index in [1.165, 1.54) is 5.56 Å². The number of hydrogen-bond acceptors (Lipinski definition) is 3. The van der Waals surface area contributed by atoms with Crippen molar-refractivity contribution in [2.75, 3.05) is 6.54 Å². The second-order valence-electron chi connectivity index (χ2n) is 5.77. The van der Waals surface area contributed by atoms with E-state index in [2.05, 4.69) is 24.8 Å². The number of para-hydroxylation sites is 1. The van der Waals surface area contributed by atoms with Gasteiger partial charge in [0.2, 0.25) is 0 Å². The minimum absolute atomic E-state index is 0.00375. The molecule has 3 rings (SSSR count). The molecule has 1 unspecified atom stereocenters. The molecule has 1 aromatic carbocycles. The van der Waals surface area contributed by atoms with Gasteiger partial charge in [0.15, 0.2) is 0 Å². The number of carboxylic acids is 1. The third-order valence-electron chi connectivity index (χ3n) is 4.29. The maximum Gasteiger partial charge on any atom is 0.317 e. The highest BCUT2D eigenvalue weighted by Gasteiger charge is 2.36. The van der Waals surface area contributed by atoms with Crippen LogP contribution in [0.2, 0.25) is 0 Å². The highest BCUT2D eigenvalue weighted by molar-refractivity contribution is 5.82. The first-order valence-corrected chi connectivity index (χ1v) is 7.59. The molecule has 0 amide bonds. The molecule has 1 aliphatic carbocycles. The van der Waals surface area contributed by atoms with E-state index in [1.807, 2.05) is 18.2 Å². The molecule has 1 saturated carbocycles. The van der Waals surface area contributed by atoms with E-state index in [-0.39, 0.29) is 12.6 Å². The van der Waals surface area contributed by atoms with Gasteiger partial charge >= 0.3 is 5.97 Å². The van der Waals surface area contributed by atoms with E-state index in [0.29, 0.717) is 6.04 Å². The van der Waals surface area contributed by atoms with Crippen molar-refractivity contribution in [3.8, 4) is 0 Å². The maximum atomic E-state index is 11.1. The number of nitrogens with zero attached hydrogens (tertiary/aromatic N) is 1. The predicted octanol–water partition coefficient (Wildman–Crippen LogP) is 3.61. The molecule has 1 heterocycles. The van der Waals surface area contributed by atoms with Gasteiger partial charge in [-0.15, -0.1) is 0 Å². The third-order valence-corrected chi connectivity index (χ3v) is 4.29. The summed E-state index contributed by atoms with van der Waals surface area (Å²) in [7, 11) is 0. The second-order valence-corrected chi connectivity index (χ2v) is 5.77. The van der Waals surface area contributed by atoms with Crippen LogP contribution in [0, 0.1) is 0 Å². The summed E-state index contributed by atoms with van der Waals surface area (Å²) >= 11 is 0. The van der Waals surface area contributed by atoms with Crippen LogP contribution < -0.4 is 0 Å². The molecule has 2 aromatic rings. The molecule has 0 aliphatic heterocycles. The lowest BCUT2D eigenvalue weighted by atomic mass is 10.0. The molecular weight excluding hydrogens is 266 g/mol. The van der Waals surface area contributed by atoms with Crippen molar-refractivity contribution in [3.05, 3.63) is 35.6 Å². The van der Waals surface area contributed by atoms with E-state index in [4.69, 9.17) is 9.52 Å². The number of carbonyl (C=O) groups is 1. The SMILES string of the molecule is CCc1c(C(C)N(CC(=O)O)C2CC2)oc2ccccc12. The van der Waals surface area contributed by atoms with E-state index in [0.717, 1.165) is 36.0 Å². The van der Waals surface area contributed by atoms with Crippen molar-refractivity contribution in [3.63, 3.8) is 0 Å². The highest BCUT2D eigenvalue weighted by atomic mass is 16.4. The molecule has 0 saturated heterocycles. The lowest BCUT2D eigenvalue weighted by Gasteiger charge is -2.26. The molecule has 4 nitrogen and oxygen atoms in total. The quantitative estimate of drug-likeness (QED) is 0.882. The molecule has 1 atom stereocenters. The monoisotopic (exact) mass is 287 g/mol. The predicted molar refractivity (Wildman–Crippen MR) is 81.4 cm³/mol. The van der Waals surface area contributed by atoms with E-state index >= 15 is 0 Å². The molecule has 1 aromatic heterocycles. The Balaban J connectivity index is 1.99. The molecule has 0 spiro atoms. The maximum absolute atomic E-state index is 11.1. The van der Waals surface area contributed by atoms with Gasteiger partial charge in [-0.25, -0.2) is 0 Å². The van der Waals surface area contributed by atoms with E-state index in [9.17, 15) is 4.79 Å². The number of rotatable bonds is 6. The Morgan fingerprint density at radius 2 is 2.14 bits per heavy atom. The summed E-state index contributed by atoms with van der Waals surface area (Å²) in [5.74, 6) is 0.148. The van der Waals surface area contributed by atoms with Crippen LogP contribution in [0.5, 0.6) is 0 Å². The van der Waals surface area contributed by atoms with Crippen LogP contribution in [-0.4, -0.2) is 28.6 Å². The lowest BCUT2D eigenvalue weighted by Crippen LogP contribution is -2.34. The summed E-state index contributed by atoms with van der Waals surface area (Å²) in [5.41, 5.74) is 2.09. The number of fused-ring (bicyclic) bond motifs is 1. The standard InChI is InChI=1S/C17H21NO3/c1-3-13-14-6-4-5-7-15(14)21-17(13)11(2)18(10-16(19)20)12-8-9-12/h4-7,11-12H,3,8-10H2,1-2H3,(H,19,20). The number of carboxylic acid groups (broad SMARTS) is 1. The Morgan fingerprint density at radius 3 is 2.76 bits per heavy atom. The van der Waals surface area contributed by atoms with Crippen LogP contribution in [0.3, 0.4) is 0 Å². The van der Waals surface area contributed by atoms with Crippen LogP contribution in [0.25, 0.3) is 11.0 Å². The second kappa shape index (κ2) is 5.53. The van der Waals surface area contributed by atoms with Gasteiger partial charge in [-0.1, -0.05) is 25.1 Å². The van der Waals surface area contributed by atoms with Crippen molar-refractivity contribution in [1.82, 2.24) is 4.90 Å². The molecule has 112 valence electrons. The van der Waals surface area contributed by atoms with Crippen LogP contribution in [0.1, 0.15) is 44.1 Å². The summed E-state index contributed by atoms with van der Waals surface area (Å²) < 4.78 is 6.06. The van der Waals surface area contributed by atoms with Crippen LogP contribution in [-0.2, 0) is 11.2 Å². The van der Waals surface area contributed by atoms with Gasteiger partial charge in [-0.2, -0.15) is 0 Å². The number of hydrogen-bond donors (Lipinski definition) is 1. The fourth-order valence-electron chi connectivity index (χ4n) is 3.12. The average Bonchev–Trinajstić information content (AvgIpc) is 3.23. The number of aryl methyl sites for hydroxylation is 1. The molecule has 21 heavy (non-hydrogen) atoms. The van der Waals surface area contributed by atoms with Gasteiger partial charge < -0.3 is 9.52 Å². The molecule has 1 N–H and O–H groups in total. The smallest absolute Gasteiger partial charge is 0.317 e. The number of furan rings is 1. The van der Waals surface area contributed by atoms with E-state index < -0.39 is 5.97 Å². The molecule has 0 radical (unpaired) electrons. The third kappa shape index (κ3) is 2.68.